The Hall–Kier alpha value is -2.68. The lowest BCUT2D eigenvalue weighted by Gasteiger charge is -2.39. The van der Waals surface area contributed by atoms with Crippen molar-refractivity contribution >= 4 is 16.9 Å². The summed E-state index contributed by atoms with van der Waals surface area (Å²) in [6, 6.07) is 5.79. The van der Waals surface area contributed by atoms with E-state index in [0.29, 0.717) is 42.4 Å². The third-order valence-electron chi connectivity index (χ3n) is 4.37. The van der Waals surface area contributed by atoms with Crippen molar-refractivity contribution in [2.75, 3.05) is 24.5 Å². The molecule has 4 heterocycles. The fourth-order valence-corrected chi connectivity index (χ4v) is 2.98. The summed E-state index contributed by atoms with van der Waals surface area (Å²) in [5.74, 6) is 0.851. The van der Waals surface area contributed by atoms with Crippen LogP contribution in [0.2, 0.25) is 0 Å². The molecule has 1 aliphatic heterocycles. The van der Waals surface area contributed by atoms with Crippen LogP contribution in [0.5, 0.6) is 0 Å². The molecule has 0 bridgehead atoms. The number of H-pyrrole nitrogens is 1. The van der Waals surface area contributed by atoms with Gasteiger partial charge in [-0.15, -0.1) is 0 Å². The van der Waals surface area contributed by atoms with E-state index in [-0.39, 0.29) is 14.2 Å². The number of fused-ring (bicyclic) bond motifs is 1. The predicted octanol–water partition coefficient (Wildman–Crippen LogP) is 2.93. The van der Waals surface area contributed by atoms with Crippen molar-refractivity contribution in [2.24, 2.45) is 11.7 Å². The molecule has 0 unspecified atom stereocenters. The van der Waals surface area contributed by atoms with Crippen LogP contribution >= 0.6 is 0 Å². The summed E-state index contributed by atoms with van der Waals surface area (Å²) in [6.07, 6.45) is -2.98. The van der Waals surface area contributed by atoms with Gasteiger partial charge >= 0.3 is 6.18 Å². The minimum absolute atomic E-state index is 0. The molecule has 25 heavy (non-hydrogen) atoms. The maximum atomic E-state index is 13.5. The molecule has 0 spiro atoms. The highest BCUT2D eigenvalue weighted by molar-refractivity contribution is 5.90. The fourth-order valence-electron chi connectivity index (χ4n) is 2.98. The second kappa shape index (κ2) is 5.69. The maximum Gasteiger partial charge on any atom is 0.418 e. The van der Waals surface area contributed by atoms with Crippen molar-refractivity contribution in [3.05, 3.63) is 36.0 Å². The highest BCUT2D eigenvalue weighted by atomic mass is 19.4. The molecule has 0 aliphatic carbocycles. The van der Waals surface area contributed by atoms with Gasteiger partial charge in [-0.05, 0) is 30.8 Å². The summed E-state index contributed by atoms with van der Waals surface area (Å²) in [7, 11) is 0. The van der Waals surface area contributed by atoms with Crippen LogP contribution in [0, 0.1) is 5.92 Å². The van der Waals surface area contributed by atoms with Crippen molar-refractivity contribution < 1.29 is 16.0 Å². The van der Waals surface area contributed by atoms with Crippen molar-refractivity contribution in [3.63, 3.8) is 0 Å². The second-order valence-corrected chi connectivity index (χ2v) is 6.04. The first-order valence-electron chi connectivity index (χ1n) is 7.80. The first kappa shape index (κ1) is 15.8. The number of pyridine rings is 2. The number of hydrogen-bond acceptors (Lipinski definition) is 5. The minimum Gasteiger partial charge on any atom is -0.356 e. The Morgan fingerprint density at radius 1 is 1.28 bits per heavy atom. The minimum atomic E-state index is -4.52. The number of nitrogens with zero attached hydrogens (tertiary/aromatic N) is 4. The standard InChI is InChI=1S/C16H15F3N6.2H2/c17-16(18,19)11-3-4-12(25-7-9(6-20)8-25)22-14(11)13-10-2-1-5-21-15(10)24-23-13;;/h1-5,9H,6-8,20H2,(H,21,23,24);2*1H. The molecule has 3 aromatic rings. The molecular weight excluding hydrogens is 333 g/mol. The van der Waals surface area contributed by atoms with Crippen LogP contribution < -0.4 is 10.6 Å². The summed E-state index contributed by atoms with van der Waals surface area (Å²) >= 11 is 0. The Labute approximate surface area is 143 Å². The Balaban J connectivity index is 0.00000131. The maximum absolute atomic E-state index is 13.5. The Morgan fingerprint density at radius 2 is 2.08 bits per heavy atom. The van der Waals surface area contributed by atoms with Crippen LogP contribution in [0.1, 0.15) is 8.42 Å². The zero-order valence-corrected chi connectivity index (χ0v) is 13.1. The SMILES string of the molecule is NCC1CN(c2ccc(C(F)(F)F)c(-c3[nH]nc4ncccc34)n2)C1.[HH].[HH]. The summed E-state index contributed by atoms with van der Waals surface area (Å²) in [4.78, 5) is 10.3. The first-order chi connectivity index (χ1) is 12.0. The van der Waals surface area contributed by atoms with Gasteiger partial charge in [-0.1, -0.05) is 0 Å². The molecule has 0 amide bonds. The third kappa shape index (κ3) is 2.70. The summed E-state index contributed by atoms with van der Waals surface area (Å²) in [5, 5.41) is 7.13. The van der Waals surface area contributed by atoms with Gasteiger partial charge in [-0.3, -0.25) is 5.10 Å². The van der Waals surface area contributed by atoms with Crippen LogP contribution in [-0.2, 0) is 6.18 Å². The largest absolute Gasteiger partial charge is 0.418 e. The smallest absolute Gasteiger partial charge is 0.356 e. The van der Waals surface area contributed by atoms with Crippen molar-refractivity contribution in [3.8, 4) is 11.4 Å². The molecule has 4 rings (SSSR count). The number of rotatable bonds is 3. The Kier molecular flexibility index (Phi) is 3.60. The van der Waals surface area contributed by atoms with Gasteiger partial charge in [0.15, 0.2) is 5.65 Å². The highest BCUT2D eigenvalue weighted by Crippen LogP contribution is 2.39. The predicted molar refractivity (Wildman–Crippen MR) is 91.1 cm³/mol. The number of aromatic nitrogens is 4. The van der Waals surface area contributed by atoms with Gasteiger partial charge in [-0.2, -0.15) is 18.3 Å². The van der Waals surface area contributed by atoms with Crippen LogP contribution in [0.25, 0.3) is 22.4 Å². The lowest BCUT2D eigenvalue weighted by molar-refractivity contribution is -0.137. The lowest BCUT2D eigenvalue weighted by Crippen LogP contribution is -2.50. The van der Waals surface area contributed by atoms with Gasteiger partial charge in [0.1, 0.15) is 11.5 Å². The quantitative estimate of drug-likeness (QED) is 0.757. The zero-order valence-electron chi connectivity index (χ0n) is 13.1. The molecule has 0 atom stereocenters. The third-order valence-corrected chi connectivity index (χ3v) is 4.37. The lowest BCUT2D eigenvalue weighted by atomic mass is 10.0. The molecule has 0 saturated carbocycles. The van der Waals surface area contributed by atoms with Gasteiger partial charge in [0, 0.05) is 33.4 Å². The summed E-state index contributed by atoms with van der Waals surface area (Å²) in [6.45, 7) is 1.94. The normalized spacial score (nSPS) is 15.6. The molecule has 1 fully saturated rings. The zero-order chi connectivity index (χ0) is 17.6. The van der Waals surface area contributed by atoms with Gasteiger partial charge in [0.25, 0.3) is 0 Å². The van der Waals surface area contributed by atoms with E-state index in [2.05, 4.69) is 20.2 Å². The average molecular weight is 352 g/mol. The van der Waals surface area contributed by atoms with Crippen molar-refractivity contribution in [2.45, 2.75) is 6.18 Å². The number of hydrogen-bond donors (Lipinski definition) is 2. The van der Waals surface area contributed by atoms with E-state index in [1.807, 2.05) is 4.90 Å². The number of nitrogens with two attached hydrogens (primary N) is 1. The molecule has 3 aromatic heterocycles. The molecule has 6 nitrogen and oxygen atoms in total. The van der Waals surface area contributed by atoms with Crippen molar-refractivity contribution in [1.82, 2.24) is 20.2 Å². The van der Waals surface area contributed by atoms with E-state index >= 15 is 0 Å². The van der Waals surface area contributed by atoms with Crippen LogP contribution in [0.3, 0.4) is 0 Å². The number of nitrogens with one attached hydrogen (secondary N) is 1. The summed E-state index contributed by atoms with van der Waals surface area (Å²) in [5.41, 5.74) is 5.20. The first-order valence-corrected chi connectivity index (χ1v) is 7.80. The Morgan fingerprint density at radius 3 is 2.80 bits per heavy atom. The van der Waals surface area contributed by atoms with Crippen LogP contribution in [-0.4, -0.2) is 39.8 Å². The molecule has 3 N–H and O–H groups in total. The second-order valence-electron chi connectivity index (χ2n) is 6.04. The molecule has 9 heteroatoms. The molecule has 0 aromatic carbocycles. The van der Waals surface area contributed by atoms with Gasteiger partial charge in [0.05, 0.1) is 11.3 Å². The number of anilines is 1. The average Bonchev–Trinajstić information content (AvgIpc) is 2.97. The van der Waals surface area contributed by atoms with E-state index in [0.717, 1.165) is 6.07 Å². The van der Waals surface area contributed by atoms with Crippen LogP contribution in [0.4, 0.5) is 19.0 Å². The Bertz CT molecular complexity index is 924. The molecule has 134 valence electrons. The number of halogens is 3. The number of aromatic amines is 1. The van der Waals surface area contributed by atoms with Crippen molar-refractivity contribution in [1.29, 1.82) is 0 Å². The van der Waals surface area contributed by atoms with E-state index < -0.39 is 11.7 Å². The summed E-state index contributed by atoms with van der Waals surface area (Å²) < 4.78 is 40.4. The van der Waals surface area contributed by atoms with Gasteiger partial charge in [0.2, 0.25) is 0 Å². The van der Waals surface area contributed by atoms with Gasteiger partial charge in [-0.25, -0.2) is 9.97 Å². The number of alkyl halides is 3. The van der Waals surface area contributed by atoms with E-state index in [1.54, 1.807) is 12.1 Å². The topological polar surface area (TPSA) is 83.7 Å². The monoisotopic (exact) mass is 352 g/mol. The van der Waals surface area contributed by atoms with E-state index in [1.165, 1.54) is 12.3 Å². The van der Waals surface area contributed by atoms with Gasteiger partial charge < -0.3 is 10.6 Å². The van der Waals surface area contributed by atoms with E-state index in [9.17, 15) is 13.2 Å². The fraction of sp³-hybridized carbons (Fsp3) is 0.312. The molecule has 1 aliphatic rings. The van der Waals surface area contributed by atoms with Crippen LogP contribution in [0.15, 0.2) is 30.5 Å². The molecular formula is C16H19F3N6. The van der Waals surface area contributed by atoms with E-state index in [4.69, 9.17) is 5.73 Å². The molecule has 1 saturated heterocycles. The highest BCUT2D eigenvalue weighted by Gasteiger charge is 2.36. The molecule has 0 radical (unpaired) electrons.